The van der Waals surface area contributed by atoms with E-state index in [1.165, 1.54) is 11.3 Å². The number of carbonyl (C=O) groups excluding carboxylic acids is 1. The molecule has 0 atom stereocenters. The number of methoxy groups -OCH3 is 1. The van der Waals surface area contributed by atoms with E-state index in [-0.39, 0.29) is 17.4 Å². The van der Waals surface area contributed by atoms with Crippen molar-refractivity contribution >= 4 is 27.5 Å². The Morgan fingerprint density at radius 3 is 2.65 bits per heavy atom. The van der Waals surface area contributed by atoms with E-state index >= 15 is 0 Å². The molecule has 2 aromatic heterocycles. The zero-order chi connectivity index (χ0) is 17.1. The number of thiophene rings is 1. The van der Waals surface area contributed by atoms with Gasteiger partial charge in [0.1, 0.15) is 15.5 Å². The second-order valence-corrected chi connectivity index (χ2v) is 6.84. The van der Waals surface area contributed by atoms with Gasteiger partial charge >= 0.3 is 5.97 Å². The maximum Gasteiger partial charge on any atom is 0.348 e. The molecule has 0 aliphatic rings. The highest BCUT2D eigenvalue weighted by Gasteiger charge is 2.21. The van der Waals surface area contributed by atoms with Gasteiger partial charge < -0.3 is 9.47 Å². The SMILES string of the molecule is COCCn1c(C)nc2sc(C(=O)OCC(C)C)c(C)c2c1=O. The predicted octanol–water partition coefficient (Wildman–Crippen LogP) is 2.53. The number of aromatic nitrogens is 2. The molecule has 2 rings (SSSR count). The van der Waals surface area contributed by atoms with Gasteiger partial charge in [-0.25, -0.2) is 9.78 Å². The van der Waals surface area contributed by atoms with Crippen LogP contribution in [0, 0.1) is 19.8 Å². The summed E-state index contributed by atoms with van der Waals surface area (Å²) in [6, 6.07) is 0. The lowest BCUT2D eigenvalue weighted by atomic mass is 10.2. The number of hydrogen-bond acceptors (Lipinski definition) is 6. The van der Waals surface area contributed by atoms with Crippen LogP contribution in [0.4, 0.5) is 0 Å². The van der Waals surface area contributed by atoms with Crippen molar-refractivity contribution in [1.29, 1.82) is 0 Å². The second-order valence-electron chi connectivity index (χ2n) is 5.84. The molecule has 0 unspecified atom stereocenters. The van der Waals surface area contributed by atoms with Crippen LogP contribution in [0.1, 0.15) is 34.9 Å². The highest BCUT2D eigenvalue weighted by atomic mass is 32.1. The summed E-state index contributed by atoms with van der Waals surface area (Å²) in [5, 5.41) is 0.494. The van der Waals surface area contributed by atoms with Crippen LogP contribution in [-0.4, -0.2) is 35.8 Å². The molecule has 0 bridgehead atoms. The van der Waals surface area contributed by atoms with Crippen LogP contribution in [0.5, 0.6) is 0 Å². The van der Waals surface area contributed by atoms with Crippen LogP contribution in [0.15, 0.2) is 4.79 Å². The fourth-order valence-electron chi connectivity index (χ4n) is 2.27. The van der Waals surface area contributed by atoms with Crippen LogP contribution in [0.3, 0.4) is 0 Å². The Morgan fingerprint density at radius 2 is 2.04 bits per heavy atom. The summed E-state index contributed by atoms with van der Waals surface area (Å²) in [5.41, 5.74) is 0.503. The average molecular weight is 338 g/mol. The number of rotatable bonds is 6. The lowest BCUT2D eigenvalue weighted by molar-refractivity contribution is 0.0464. The van der Waals surface area contributed by atoms with Gasteiger partial charge in [-0.1, -0.05) is 13.8 Å². The van der Waals surface area contributed by atoms with Crippen molar-refractivity contribution in [2.24, 2.45) is 5.92 Å². The van der Waals surface area contributed by atoms with Crippen LogP contribution in [0.2, 0.25) is 0 Å². The molecule has 2 heterocycles. The van der Waals surface area contributed by atoms with Crippen LogP contribution >= 0.6 is 11.3 Å². The second kappa shape index (κ2) is 7.23. The Balaban J connectivity index is 2.48. The molecule has 0 fully saturated rings. The molecule has 126 valence electrons. The molecule has 23 heavy (non-hydrogen) atoms. The molecular weight excluding hydrogens is 316 g/mol. The number of ether oxygens (including phenoxy) is 2. The van der Waals surface area contributed by atoms with Crippen molar-refractivity contribution in [2.45, 2.75) is 34.2 Å². The minimum Gasteiger partial charge on any atom is -0.461 e. The van der Waals surface area contributed by atoms with Gasteiger partial charge in [-0.05, 0) is 25.3 Å². The van der Waals surface area contributed by atoms with E-state index in [0.29, 0.717) is 46.2 Å². The molecule has 0 amide bonds. The largest absolute Gasteiger partial charge is 0.461 e. The minimum absolute atomic E-state index is 0.138. The molecule has 0 radical (unpaired) electrons. The molecule has 0 spiro atoms. The van der Waals surface area contributed by atoms with Crippen LogP contribution in [0.25, 0.3) is 10.2 Å². The van der Waals surface area contributed by atoms with E-state index in [9.17, 15) is 9.59 Å². The molecule has 7 heteroatoms. The van der Waals surface area contributed by atoms with E-state index in [4.69, 9.17) is 9.47 Å². The standard InChI is InChI=1S/C16H22N2O4S/c1-9(2)8-22-16(20)13-10(3)12-14(23-13)17-11(4)18(15(12)19)6-7-21-5/h9H,6-8H2,1-5H3. The lowest BCUT2D eigenvalue weighted by Crippen LogP contribution is -2.25. The third-order valence-corrected chi connectivity index (χ3v) is 4.66. The van der Waals surface area contributed by atoms with Gasteiger partial charge in [-0.2, -0.15) is 0 Å². The topological polar surface area (TPSA) is 70.4 Å². The van der Waals surface area contributed by atoms with Gasteiger partial charge in [0.25, 0.3) is 5.56 Å². The predicted molar refractivity (Wildman–Crippen MR) is 90.4 cm³/mol. The first-order valence-corrected chi connectivity index (χ1v) is 8.35. The van der Waals surface area contributed by atoms with E-state index in [1.54, 1.807) is 25.5 Å². The average Bonchev–Trinajstić information content (AvgIpc) is 2.81. The van der Waals surface area contributed by atoms with Crippen molar-refractivity contribution in [3.05, 3.63) is 26.6 Å². The Labute approximate surface area is 139 Å². The van der Waals surface area contributed by atoms with Gasteiger partial charge in [-0.15, -0.1) is 11.3 Å². The molecule has 0 saturated carbocycles. The summed E-state index contributed by atoms with van der Waals surface area (Å²) in [4.78, 5) is 30.4. The number of aryl methyl sites for hydroxylation is 2. The summed E-state index contributed by atoms with van der Waals surface area (Å²) in [6.07, 6.45) is 0. The maximum absolute atomic E-state index is 12.7. The van der Waals surface area contributed by atoms with Crippen molar-refractivity contribution in [3.8, 4) is 0 Å². The summed E-state index contributed by atoms with van der Waals surface area (Å²) < 4.78 is 11.9. The summed E-state index contributed by atoms with van der Waals surface area (Å²) in [6.45, 7) is 8.73. The van der Waals surface area contributed by atoms with Gasteiger partial charge in [-0.3, -0.25) is 9.36 Å². The first-order valence-electron chi connectivity index (χ1n) is 7.53. The number of carbonyl (C=O) groups is 1. The molecule has 0 aliphatic heterocycles. The number of hydrogen-bond donors (Lipinski definition) is 0. The normalized spacial score (nSPS) is 11.4. The fourth-order valence-corrected chi connectivity index (χ4v) is 3.38. The minimum atomic E-state index is -0.389. The Morgan fingerprint density at radius 1 is 1.35 bits per heavy atom. The molecule has 0 N–H and O–H groups in total. The number of esters is 1. The molecule has 0 saturated heterocycles. The Hall–Kier alpha value is -1.73. The van der Waals surface area contributed by atoms with Crippen molar-refractivity contribution in [2.75, 3.05) is 20.3 Å². The molecule has 0 aromatic carbocycles. The van der Waals surface area contributed by atoms with E-state index in [1.807, 2.05) is 13.8 Å². The maximum atomic E-state index is 12.7. The summed E-state index contributed by atoms with van der Waals surface area (Å²) in [5.74, 6) is 0.489. The summed E-state index contributed by atoms with van der Waals surface area (Å²) >= 11 is 1.21. The lowest BCUT2D eigenvalue weighted by Gasteiger charge is -2.08. The number of fused-ring (bicyclic) bond motifs is 1. The Kier molecular flexibility index (Phi) is 5.54. The molecule has 6 nitrogen and oxygen atoms in total. The quantitative estimate of drug-likeness (QED) is 0.757. The number of nitrogens with zero attached hydrogens (tertiary/aromatic N) is 2. The van der Waals surface area contributed by atoms with E-state index in [2.05, 4.69) is 4.98 Å². The highest BCUT2D eigenvalue weighted by molar-refractivity contribution is 7.20. The zero-order valence-electron chi connectivity index (χ0n) is 14.1. The molecule has 2 aromatic rings. The van der Waals surface area contributed by atoms with Crippen LogP contribution in [-0.2, 0) is 16.0 Å². The zero-order valence-corrected chi connectivity index (χ0v) is 15.0. The van der Waals surface area contributed by atoms with Crippen molar-refractivity contribution < 1.29 is 14.3 Å². The van der Waals surface area contributed by atoms with Gasteiger partial charge in [0.15, 0.2) is 0 Å². The fraction of sp³-hybridized carbons (Fsp3) is 0.562. The van der Waals surface area contributed by atoms with E-state index in [0.717, 1.165) is 0 Å². The Bertz CT molecular complexity index is 776. The van der Waals surface area contributed by atoms with Gasteiger partial charge in [0.05, 0.1) is 25.1 Å². The highest BCUT2D eigenvalue weighted by Crippen LogP contribution is 2.28. The van der Waals surface area contributed by atoms with Crippen molar-refractivity contribution in [1.82, 2.24) is 9.55 Å². The van der Waals surface area contributed by atoms with E-state index < -0.39 is 0 Å². The third-order valence-electron chi connectivity index (χ3n) is 3.49. The molecular formula is C16H22N2O4S. The summed E-state index contributed by atoms with van der Waals surface area (Å²) in [7, 11) is 1.59. The van der Waals surface area contributed by atoms with Gasteiger partial charge in [0, 0.05) is 7.11 Å². The monoisotopic (exact) mass is 338 g/mol. The van der Waals surface area contributed by atoms with Crippen molar-refractivity contribution in [3.63, 3.8) is 0 Å². The van der Waals surface area contributed by atoms with Crippen LogP contribution < -0.4 is 5.56 Å². The van der Waals surface area contributed by atoms with Gasteiger partial charge in [0.2, 0.25) is 0 Å². The third kappa shape index (κ3) is 3.61. The molecule has 0 aliphatic carbocycles. The first kappa shape index (κ1) is 17.6. The smallest absolute Gasteiger partial charge is 0.348 e. The first-order chi connectivity index (χ1) is 10.9.